The van der Waals surface area contributed by atoms with Crippen LogP contribution in [0.1, 0.15) is 23.2 Å². The van der Waals surface area contributed by atoms with Gasteiger partial charge >= 0.3 is 0 Å². The fraction of sp³-hybridized carbons (Fsp3) is 0.500. The lowest BCUT2D eigenvalue weighted by Crippen LogP contribution is -2.48. The lowest BCUT2D eigenvalue weighted by atomic mass is 10.1. The van der Waals surface area contributed by atoms with E-state index in [4.69, 9.17) is 0 Å². The number of nitrogens with one attached hydrogen (secondary N) is 2. The van der Waals surface area contributed by atoms with E-state index in [1.165, 1.54) is 22.5 Å². The largest absolute Gasteiger partial charge is 0.354 e. The van der Waals surface area contributed by atoms with E-state index in [1.54, 1.807) is 0 Å². The van der Waals surface area contributed by atoms with Gasteiger partial charge in [0.1, 0.15) is 5.56 Å². The molecule has 1 aromatic rings. The van der Waals surface area contributed by atoms with E-state index in [1.807, 2.05) is 0 Å². The third kappa shape index (κ3) is 2.43. The summed E-state index contributed by atoms with van der Waals surface area (Å²) in [6.07, 6.45) is 2.32. The molecule has 106 valence electrons. The van der Waals surface area contributed by atoms with Crippen LogP contribution >= 0.6 is 11.8 Å². The first kappa shape index (κ1) is 13.2. The minimum absolute atomic E-state index is 0.00760. The van der Waals surface area contributed by atoms with Crippen molar-refractivity contribution < 1.29 is 9.59 Å². The predicted molar refractivity (Wildman–Crippen MR) is 72.7 cm³/mol. The smallest absolute Gasteiger partial charge is 0.267 e. The molecule has 1 saturated heterocycles. The maximum Gasteiger partial charge on any atom is 0.267 e. The number of carbonyl (C=O) groups is 2. The van der Waals surface area contributed by atoms with E-state index >= 15 is 0 Å². The van der Waals surface area contributed by atoms with Gasteiger partial charge in [0.2, 0.25) is 5.91 Å². The minimum atomic E-state index is -0.421. The molecule has 2 N–H and O–H groups in total. The monoisotopic (exact) mass is 294 g/mol. The van der Waals surface area contributed by atoms with Gasteiger partial charge in [0.25, 0.3) is 11.5 Å². The Labute approximate surface area is 119 Å². The van der Waals surface area contributed by atoms with Crippen LogP contribution in [0.5, 0.6) is 0 Å². The Morgan fingerprint density at radius 1 is 1.50 bits per heavy atom. The van der Waals surface area contributed by atoms with Gasteiger partial charge < -0.3 is 10.6 Å². The number of carbonyl (C=O) groups excluding carboxylic acids is 2. The zero-order valence-corrected chi connectivity index (χ0v) is 11.5. The molecule has 0 bridgehead atoms. The van der Waals surface area contributed by atoms with Gasteiger partial charge in [-0.1, -0.05) is 11.8 Å². The topological polar surface area (TPSA) is 93.1 Å². The Hall–Kier alpha value is -1.83. The number of hydrogen-bond donors (Lipinski definition) is 2. The number of fused-ring (bicyclic) bond motifs is 1. The van der Waals surface area contributed by atoms with Gasteiger partial charge in [-0.05, 0) is 6.42 Å². The van der Waals surface area contributed by atoms with Crippen molar-refractivity contribution in [2.75, 3.05) is 12.3 Å². The summed E-state index contributed by atoms with van der Waals surface area (Å²) in [7, 11) is 0. The highest BCUT2D eigenvalue weighted by Gasteiger charge is 2.24. The Kier molecular flexibility index (Phi) is 3.47. The SMILES string of the molecule is O=C1CCC(NC(=O)c2cnc3n(c2=O)CCS3)CN1. The van der Waals surface area contributed by atoms with Crippen molar-refractivity contribution in [2.24, 2.45) is 0 Å². The summed E-state index contributed by atoms with van der Waals surface area (Å²) in [6, 6.07) is -0.132. The van der Waals surface area contributed by atoms with Gasteiger partial charge in [0.15, 0.2) is 5.16 Å². The molecular weight excluding hydrogens is 280 g/mol. The quantitative estimate of drug-likeness (QED) is 0.708. The summed E-state index contributed by atoms with van der Waals surface area (Å²) >= 11 is 1.51. The first-order valence-electron chi connectivity index (χ1n) is 6.45. The number of rotatable bonds is 2. The fourth-order valence-corrected chi connectivity index (χ4v) is 3.21. The second-order valence-electron chi connectivity index (χ2n) is 4.77. The number of thioether (sulfide) groups is 1. The molecule has 2 aliphatic rings. The summed E-state index contributed by atoms with van der Waals surface area (Å²) < 4.78 is 1.53. The van der Waals surface area contributed by atoms with E-state index in [-0.39, 0.29) is 23.1 Å². The van der Waals surface area contributed by atoms with Crippen LogP contribution in [0.4, 0.5) is 0 Å². The molecule has 0 aromatic carbocycles. The van der Waals surface area contributed by atoms with Crippen LogP contribution in [0, 0.1) is 0 Å². The first-order valence-corrected chi connectivity index (χ1v) is 7.44. The highest BCUT2D eigenvalue weighted by molar-refractivity contribution is 7.99. The standard InChI is InChI=1S/C12H14N4O3S/c17-9-2-1-7(5-13-9)15-10(18)8-6-14-12-16(11(8)19)3-4-20-12/h6-7H,1-5H2,(H,13,17)(H,15,18). The second kappa shape index (κ2) is 5.28. The zero-order chi connectivity index (χ0) is 14.1. The lowest BCUT2D eigenvalue weighted by Gasteiger charge is -2.23. The maximum atomic E-state index is 12.2. The second-order valence-corrected chi connectivity index (χ2v) is 5.83. The van der Waals surface area contributed by atoms with Crippen molar-refractivity contribution in [1.29, 1.82) is 0 Å². The molecule has 2 amide bonds. The molecule has 3 rings (SSSR count). The van der Waals surface area contributed by atoms with Gasteiger partial charge in [-0.3, -0.25) is 19.0 Å². The van der Waals surface area contributed by atoms with E-state index < -0.39 is 5.91 Å². The van der Waals surface area contributed by atoms with Crippen molar-refractivity contribution in [3.8, 4) is 0 Å². The maximum absolute atomic E-state index is 12.2. The summed E-state index contributed by atoms with van der Waals surface area (Å²) in [5.74, 6) is 0.379. The molecule has 0 saturated carbocycles. The molecule has 20 heavy (non-hydrogen) atoms. The summed E-state index contributed by atoms with van der Waals surface area (Å²) in [5, 5.41) is 6.13. The molecule has 0 radical (unpaired) electrons. The molecule has 0 aliphatic carbocycles. The summed E-state index contributed by atoms with van der Waals surface area (Å²) in [4.78, 5) is 39.5. The molecule has 8 heteroatoms. The van der Waals surface area contributed by atoms with Crippen LogP contribution in [0.2, 0.25) is 0 Å². The third-order valence-electron chi connectivity index (χ3n) is 3.40. The normalized spacial score (nSPS) is 21.2. The Morgan fingerprint density at radius 3 is 3.10 bits per heavy atom. The first-order chi connectivity index (χ1) is 9.65. The van der Waals surface area contributed by atoms with E-state index in [9.17, 15) is 14.4 Å². The van der Waals surface area contributed by atoms with Crippen molar-refractivity contribution in [3.63, 3.8) is 0 Å². The minimum Gasteiger partial charge on any atom is -0.354 e. The van der Waals surface area contributed by atoms with Crippen LogP contribution in [0.3, 0.4) is 0 Å². The third-order valence-corrected chi connectivity index (χ3v) is 4.37. The predicted octanol–water partition coefficient (Wildman–Crippen LogP) is -0.643. The number of piperidine rings is 1. The Morgan fingerprint density at radius 2 is 2.35 bits per heavy atom. The Balaban J connectivity index is 1.75. The number of amides is 2. The van der Waals surface area contributed by atoms with Crippen LogP contribution in [0.15, 0.2) is 16.1 Å². The van der Waals surface area contributed by atoms with Crippen molar-refractivity contribution >= 4 is 23.6 Å². The van der Waals surface area contributed by atoms with Gasteiger partial charge in [-0.2, -0.15) is 0 Å². The molecule has 2 aliphatic heterocycles. The molecule has 1 atom stereocenters. The average molecular weight is 294 g/mol. The van der Waals surface area contributed by atoms with Crippen LogP contribution in [-0.2, 0) is 11.3 Å². The fourth-order valence-electron chi connectivity index (χ4n) is 2.29. The summed E-state index contributed by atoms with van der Waals surface area (Å²) in [5.41, 5.74) is -0.231. The van der Waals surface area contributed by atoms with Gasteiger partial charge in [-0.15, -0.1) is 0 Å². The van der Waals surface area contributed by atoms with E-state index in [0.717, 1.165) is 5.75 Å². The molecule has 1 unspecified atom stereocenters. The highest BCUT2D eigenvalue weighted by Crippen LogP contribution is 2.20. The molecular formula is C12H14N4O3S. The number of hydrogen-bond acceptors (Lipinski definition) is 5. The average Bonchev–Trinajstić information content (AvgIpc) is 2.91. The molecule has 1 aromatic heterocycles. The highest BCUT2D eigenvalue weighted by atomic mass is 32.2. The van der Waals surface area contributed by atoms with Crippen LogP contribution < -0.4 is 16.2 Å². The van der Waals surface area contributed by atoms with Gasteiger partial charge in [0.05, 0.1) is 0 Å². The molecule has 0 spiro atoms. The van der Waals surface area contributed by atoms with Gasteiger partial charge in [0, 0.05) is 37.5 Å². The van der Waals surface area contributed by atoms with Crippen LogP contribution in [-0.4, -0.2) is 39.7 Å². The lowest BCUT2D eigenvalue weighted by molar-refractivity contribution is -0.122. The van der Waals surface area contributed by atoms with Crippen molar-refractivity contribution in [1.82, 2.24) is 20.2 Å². The van der Waals surface area contributed by atoms with Crippen molar-refractivity contribution in [2.45, 2.75) is 30.6 Å². The van der Waals surface area contributed by atoms with E-state index in [0.29, 0.717) is 31.1 Å². The number of nitrogens with zero attached hydrogens (tertiary/aromatic N) is 2. The van der Waals surface area contributed by atoms with Gasteiger partial charge in [-0.25, -0.2) is 4.98 Å². The Bertz CT molecular complexity index is 618. The molecule has 3 heterocycles. The molecule has 7 nitrogen and oxygen atoms in total. The number of aromatic nitrogens is 2. The van der Waals surface area contributed by atoms with E-state index in [2.05, 4.69) is 15.6 Å². The van der Waals surface area contributed by atoms with Crippen molar-refractivity contribution in [3.05, 3.63) is 22.1 Å². The van der Waals surface area contributed by atoms with Crippen LogP contribution in [0.25, 0.3) is 0 Å². The molecule has 1 fully saturated rings. The zero-order valence-electron chi connectivity index (χ0n) is 10.7. The summed E-state index contributed by atoms with van der Waals surface area (Å²) in [6.45, 7) is 0.993.